The molecule has 0 amide bonds. The van der Waals surface area contributed by atoms with Gasteiger partial charge in [0.05, 0.1) is 5.69 Å². The van der Waals surface area contributed by atoms with Crippen molar-refractivity contribution in [2.75, 3.05) is 0 Å². The molecule has 2 aromatic rings. The molecule has 0 bridgehead atoms. The molecule has 0 unspecified atom stereocenters. The van der Waals surface area contributed by atoms with Gasteiger partial charge in [0, 0.05) is 11.8 Å². The highest BCUT2D eigenvalue weighted by molar-refractivity contribution is 5.35. The number of rotatable bonds is 1. The van der Waals surface area contributed by atoms with Gasteiger partial charge in [0.2, 0.25) is 0 Å². The van der Waals surface area contributed by atoms with Crippen molar-refractivity contribution in [3.63, 3.8) is 0 Å². The molecule has 0 fully saturated rings. The highest BCUT2D eigenvalue weighted by atomic mass is 15.3. The average Bonchev–Trinajstić information content (AvgIpc) is 2.61. The van der Waals surface area contributed by atoms with Gasteiger partial charge in [-0.05, 0) is 19.1 Å². The van der Waals surface area contributed by atoms with Gasteiger partial charge in [0.15, 0.2) is 5.69 Å². The van der Waals surface area contributed by atoms with Crippen LogP contribution in [0.2, 0.25) is 0 Å². The van der Waals surface area contributed by atoms with E-state index in [1.54, 1.807) is 4.68 Å². The average molecular weight is 183 g/mol. The van der Waals surface area contributed by atoms with Crippen molar-refractivity contribution in [3.05, 3.63) is 47.8 Å². The fourth-order valence-electron chi connectivity index (χ4n) is 1.28. The van der Waals surface area contributed by atoms with E-state index in [-0.39, 0.29) is 0 Å². The fourth-order valence-corrected chi connectivity index (χ4v) is 1.28. The van der Waals surface area contributed by atoms with Gasteiger partial charge < -0.3 is 0 Å². The molecule has 1 heterocycles. The standard InChI is InChI=1S/C11H9N3/c1-9-8-14(13-11(9)7-12)10-5-3-2-4-6-10/h2-6,8H,1H3. The molecular formula is C11H9N3. The van der Waals surface area contributed by atoms with Crippen molar-refractivity contribution < 1.29 is 0 Å². The lowest BCUT2D eigenvalue weighted by molar-refractivity contribution is 0.873. The SMILES string of the molecule is Cc1cn(-c2ccccc2)nc1C#N. The van der Waals surface area contributed by atoms with Gasteiger partial charge in [0.1, 0.15) is 6.07 Å². The van der Waals surface area contributed by atoms with Crippen molar-refractivity contribution in [1.29, 1.82) is 5.26 Å². The molecule has 2 rings (SSSR count). The maximum atomic E-state index is 8.75. The van der Waals surface area contributed by atoms with E-state index in [1.807, 2.05) is 43.5 Å². The first-order valence-electron chi connectivity index (χ1n) is 4.33. The summed E-state index contributed by atoms with van der Waals surface area (Å²) in [5, 5.41) is 12.9. The first-order valence-corrected chi connectivity index (χ1v) is 4.33. The van der Waals surface area contributed by atoms with E-state index in [0.29, 0.717) is 5.69 Å². The van der Waals surface area contributed by atoms with Crippen molar-refractivity contribution in [2.45, 2.75) is 6.92 Å². The maximum Gasteiger partial charge on any atom is 0.165 e. The van der Waals surface area contributed by atoms with Crippen LogP contribution in [-0.4, -0.2) is 9.78 Å². The molecule has 0 saturated heterocycles. The summed E-state index contributed by atoms with van der Waals surface area (Å²) < 4.78 is 1.72. The Morgan fingerprint density at radius 2 is 2.00 bits per heavy atom. The number of para-hydroxylation sites is 1. The molecule has 0 aliphatic rings. The predicted octanol–water partition coefficient (Wildman–Crippen LogP) is 2.05. The van der Waals surface area contributed by atoms with Crippen LogP contribution in [0.15, 0.2) is 36.5 Å². The molecule has 1 aromatic heterocycles. The lowest BCUT2D eigenvalue weighted by atomic mass is 10.3. The van der Waals surface area contributed by atoms with Crippen LogP contribution < -0.4 is 0 Å². The Morgan fingerprint density at radius 3 is 2.57 bits per heavy atom. The van der Waals surface area contributed by atoms with Gasteiger partial charge in [-0.2, -0.15) is 10.4 Å². The summed E-state index contributed by atoms with van der Waals surface area (Å²) in [6.07, 6.45) is 1.86. The molecule has 3 heteroatoms. The van der Waals surface area contributed by atoms with Crippen LogP contribution in [0, 0.1) is 18.3 Å². The Balaban J connectivity index is 2.50. The number of hydrogen-bond acceptors (Lipinski definition) is 2. The molecule has 14 heavy (non-hydrogen) atoms. The summed E-state index contributed by atoms with van der Waals surface area (Å²) in [7, 11) is 0. The van der Waals surface area contributed by atoms with Crippen LogP contribution in [0.5, 0.6) is 0 Å². The van der Waals surface area contributed by atoms with E-state index in [0.717, 1.165) is 11.3 Å². The maximum absolute atomic E-state index is 8.75. The number of aryl methyl sites for hydroxylation is 1. The predicted molar refractivity (Wildman–Crippen MR) is 53.0 cm³/mol. The molecule has 0 aliphatic heterocycles. The molecule has 0 radical (unpaired) electrons. The Morgan fingerprint density at radius 1 is 1.29 bits per heavy atom. The second kappa shape index (κ2) is 3.35. The molecule has 0 atom stereocenters. The van der Waals surface area contributed by atoms with E-state index >= 15 is 0 Å². The van der Waals surface area contributed by atoms with E-state index in [4.69, 9.17) is 5.26 Å². The molecule has 3 nitrogen and oxygen atoms in total. The van der Waals surface area contributed by atoms with Crippen molar-refractivity contribution in [1.82, 2.24) is 9.78 Å². The number of nitriles is 1. The van der Waals surface area contributed by atoms with E-state index in [1.165, 1.54) is 0 Å². The van der Waals surface area contributed by atoms with Gasteiger partial charge in [-0.15, -0.1) is 0 Å². The van der Waals surface area contributed by atoms with E-state index in [2.05, 4.69) is 11.2 Å². The van der Waals surface area contributed by atoms with Crippen LogP contribution in [0.4, 0.5) is 0 Å². The van der Waals surface area contributed by atoms with E-state index < -0.39 is 0 Å². The van der Waals surface area contributed by atoms with Crippen LogP contribution in [0.1, 0.15) is 11.3 Å². The van der Waals surface area contributed by atoms with Gasteiger partial charge in [-0.1, -0.05) is 18.2 Å². The second-order valence-corrected chi connectivity index (χ2v) is 3.05. The first kappa shape index (κ1) is 8.52. The summed E-state index contributed by atoms with van der Waals surface area (Å²) in [4.78, 5) is 0. The third-order valence-electron chi connectivity index (χ3n) is 2.02. The zero-order valence-corrected chi connectivity index (χ0v) is 7.81. The molecule has 0 saturated carbocycles. The normalized spacial score (nSPS) is 9.71. The minimum atomic E-state index is 0.480. The minimum absolute atomic E-state index is 0.480. The Kier molecular flexibility index (Phi) is 2.04. The Labute approximate surface area is 82.2 Å². The first-order chi connectivity index (χ1) is 6.81. The number of aromatic nitrogens is 2. The van der Waals surface area contributed by atoms with Crippen molar-refractivity contribution in [2.24, 2.45) is 0 Å². The highest BCUT2D eigenvalue weighted by Crippen LogP contribution is 2.10. The van der Waals surface area contributed by atoms with Crippen LogP contribution in [0.3, 0.4) is 0 Å². The Hall–Kier alpha value is -2.08. The van der Waals surface area contributed by atoms with E-state index in [9.17, 15) is 0 Å². The molecule has 68 valence electrons. The summed E-state index contributed by atoms with van der Waals surface area (Å²) in [6, 6.07) is 11.8. The number of hydrogen-bond donors (Lipinski definition) is 0. The number of benzene rings is 1. The van der Waals surface area contributed by atoms with Crippen molar-refractivity contribution in [3.8, 4) is 11.8 Å². The summed E-state index contributed by atoms with van der Waals surface area (Å²) in [5.74, 6) is 0. The topological polar surface area (TPSA) is 41.6 Å². The zero-order valence-electron chi connectivity index (χ0n) is 7.81. The molecule has 0 spiro atoms. The molecule has 0 N–H and O–H groups in total. The van der Waals surface area contributed by atoms with Gasteiger partial charge in [0.25, 0.3) is 0 Å². The summed E-state index contributed by atoms with van der Waals surface area (Å²) in [5.41, 5.74) is 2.35. The number of nitrogens with zero attached hydrogens (tertiary/aromatic N) is 3. The van der Waals surface area contributed by atoms with Gasteiger partial charge >= 0.3 is 0 Å². The molecular weight excluding hydrogens is 174 g/mol. The smallest absolute Gasteiger partial charge is 0.165 e. The summed E-state index contributed by atoms with van der Waals surface area (Å²) >= 11 is 0. The summed E-state index contributed by atoms with van der Waals surface area (Å²) in [6.45, 7) is 1.88. The van der Waals surface area contributed by atoms with Crippen molar-refractivity contribution >= 4 is 0 Å². The van der Waals surface area contributed by atoms with Gasteiger partial charge in [-0.25, -0.2) is 4.68 Å². The van der Waals surface area contributed by atoms with Crippen LogP contribution in [-0.2, 0) is 0 Å². The highest BCUT2D eigenvalue weighted by Gasteiger charge is 2.04. The second-order valence-electron chi connectivity index (χ2n) is 3.05. The van der Waals surface area contributed by atoms with Crippen LogP contribution in [0.25, 0.3) is 5.69 Å². The zero-order chi connectivity index (χ0) is 9.97. The third kappa shape index (κ3) is 1.38. The lowest BCUT2D eigenvalue weighted by Crippen LogP contribution is -1.93. The fraction of sp³-hybridized carbons (Fsp3) is 0.0909. The largest absolute Gasteiger partial charge is 0.239 e. The van der Waals surface area contributed by atoms with Crippen LogP contribution >= 0.6 is 0 Å². The molecule has 0 aliphatic carbocycles. The molecule has 1 aromatic carbocycles. The minimum Gasteiger partial charge on any atom is -0.239 e. The quantitative estimate of drug-likeness (QED) is 0.679. The Bertz CT molecular complexity index is 477. The monoisotopic (exact) mass is 183 g/mol. The third-order valence-corrected chi connectivity index (χ3v) is 2.02. The van der Waals surface area contributed by atoms with Gasteiger partial charge in [-0.3, -0.25) is 0 Å². The lowest BCUT2D eigenvalue weighted by Gasteiger charge is -1.98.